The number of halogens is 1. The second-order valence-electron chi connectivity index (χ2n) is 4.82. The lowest BCUT2D eigenvalue weighted by Crippen LogP contribution is -2.59. The molecule has 0 spiro atoms. The van der Waals surface area contributed by atoms with Crippen molar-refractivity contribution in [2.24, 2.45) is 0 Å². The molecule has 1 aromatic carbocycles. The Labute approximate surface area is 113 Å². The average Bonchev–Trinajstić information content (AvgIpc) is 2.26. The van der Waals surface area contributed by atoms with E-state index in [9.17, 15) is 0 Å². The summed E-state index contributed by atoms with van der Waals surface area (Å²) in [6.07, 6.45) is 1.14. The third-order valence-corrected chi connectivity index (χ3v) is 4.13. The van der Waals surface area contributed by atoms with Crippen molar-refractivity contribution in [1.29, 1.82) is 0 Å². The van der Waals surface area contributed by atoms with Crippen molar-refractivity contribution in [2.75, 3.05) is 19.6 Å². The fourth-order valence-corrected chi connectivity index (χ4v) is 2.78. The van der Waals surface area contributed by atoms with Crippen molar-refractivity contribution in [2.45, 2.75) is 32.4 Å². The SMILES string of the molecule is CCN(C(C)Cc1ccc(Br)cc1)C1CNC1. The summed E-state index contributed by atoms with van der Waals surface area (Å²) in [4.78, 5) is 2.61. The van der Waals surface area contributed by atoms with Gasteiger partial charge in [0.1, 0.15) is 0 Å². The first kappa shape index (κ1) is 13.1. The average molecular weight is 297 g/mol. The summed E-state index contributed by atoms with van der Waals surface area (Å²) in [5.74, 6) is 0. The highest BCUT2D eigenvalue weighted by atomic mass is 79.9. The number of benzene rings is 1. The fourth-order valence-electron chi connectivity index (χ4n) is 2.52. The minimum absolute atomic E-state index is 0.619. The zero-order valence-electron chi connectivity index (χ0n) is 10.6. The van der Waals surface area contributed by atoms with E-state index in [1.165, 1.54) is 5.56 Å². The second kappa shape index (κ2) is 5.98. The highest BCUT2D eigenvalue weighted by molar-refractivity contribution is 9.10. The maximum atomic E-state index is 3.48. The summed E-state index contributed by atoms with van der Waals surface area (Å²) >= 11 is 3.48. The number of likely N-dealkylation sites (N-methyl/N-ethyl adjacent to an activating group) is 1. The molecule has 0 radical (unpaired) electrons. The molecule has 1 heterocycles. The largest absolute Gasteiger partial charge is 0.314 e. The van der Waals surface area contributed by atoms with Gasteiger partial charge in [-0.3, -0.25) is 4.90 Å². The molecule has 0 aliphatic carbocycles. The smallest absolute Gasteiger partial charge is 0.0348 e. The van der Waals surface area contributed by atoms with Crippen molar-refractivity contribution in [3.05, 3.63) is 34.3 Å². The Bertz CT molecular complexity index is 346. The minimum Gasteiger partial charge on any atom is -0.314 e. The molecular weight excluding hydrogens is 276 g/mol. The lowest BCUT2D eigenvalue weighted by atomic mass is 10.0. The first-order valence-electron chi connectivity index (χ1n) is 6.41. The first-order valence-corrected chi connectivity index (χ1v) is 7.21. The van der Waals surface area contributed by atoms with Crippen LogP contribution in [0.15, 0.2) is 28.7 Å². The lowest BCUT2D eigenvalue weighted by Gasteiger charge is -2.41. The van der Waals surface area contributed by atoms with Crippen LogP contribution in [0.5, 0.6) is 0 Å². The van der Waals surface area contributed by atoms with Crippen molar-refractivity contribution < 1.29 is 0 Å². The Morgan fingerprint density at radius 2 is 2.00 bits per heavy atom. The summed E-state index contributed by atoms with van der Waals surface area (Å²) in [5, 5.41) is 3.35. The van der Waals surface area contributed by atoms with E-state index >= 15 is 0 Å². The molecule has 1 N–H and O–H groups in total. The summed E-state index contributed by atoms with van der Waals surface area (Å²) in [7, 11) is 0. The highest BCUT2D eigenvalue weighted by Crippen LogP contribution is 2.16. The predicted octanol–water partition coefficient (Wildman–Crippen LogP) is 2.67. The molecule has 2 rings (SSSR count). The molecule has 1 aliphatic rings. The van der Waals surface area contributed by atoms with Gasteiger partial charge in [-0.25, -0.2) is 0 Å². The van der Waals surface area contributed by atoms with Crippen LogP contribution in [0.1, 0.15) is 19.4 Å². The molecule has 1 saturated heterocycles. The van der Waals surface area contributed by atoms with Crippen LogP contribution < -0.4 is 5.32 Å². The van der Waals surface area contributed by atoms with Crippen molar-refractivity contribution in [3.8, 4) is 0 Å². The van der Waals surface area contributed by atoms with E-state index in [-0.39, 0.29) is 0 Å². The molecule has 0 saturated carbocycles. The van der Waals surface area contributed by atoms with Crippen LogP contribution in [0.25, 0.3) is 0 Å². The Balaban J connectivity index is 1.94. The van der Waals surface area contributed by atoms with Gasteiger partial charge in [-0.1, -0.05) is 35.0 Å². The van der Waals surface area contributed by atoms with Crippen LogP contribution in [0.3, 0.4) is 0 Å². The van der Waals surface area contributed by atoms with Gasteiger partial charge in [0, 0.05) is 29.6 Å². The monoisotopic (exact) mass is 296 g/mol. The summed E-state index contributed by atoms with van der Waals surface area (Å²) in [6.45, 7) is 8.04. The normalized spacial score (nSPS) is 18.1. The van der Waals surface area contributed by atoms with Crippen molar-refractivity contribution >= 4 is 15.9 Å². The molecule has 1 atom stereocenters. The van der Waals surface area contributed by atoms with Gasteiger partial charge in [0.25, 0.3) is 0 Å². The molecule has 1 fully saturated rings. The van der Waals surface area contributed by atoms with Gasteiger partial charge in [-0.15, -0.1) is 0 Å². The topological polar surface area (TPSA) is 15.3 Å². The Hall–Kier alpha value is -0.380. The number of nitrogens with zero attached hydrogens (tertiary/aromatic N) is 1. The fraction of sp³-hybridized carbons (Fsp3) is 0.571. The van der Waals surface area contributed by atoms with Gasteiger partial charge in [-0.2, -0.15) is 0 Å². The molecule has 0 aromatic heterocycles. The summed E-state index contributed by atoms with van der Waals surface area (Å²) in [6, 6.07) is 10.0. The van der Waals surface area contributed by atoms with E-state index < -0.39 is 0 Å². The molecular formula is C14H21BrN2. The minimum atomic E-state index is 0.619. The van der Waals surface area contributed by atoms with E-state index in [0.29, 0.717) is 6.04 Å². The third-order valence-electron chi connectivity index (χ3n) is 3.60. The van der Waals surface area contributed by atoms with Crippen LogP contribution in [-0.2, 0) is 6.42 Å². The number of hydrogen-bond acceptors (Lipinski definition) is 2. The maximum Gasteiger partial charge on any atom is 0.0348 e. The zero-order chi connectivity index (χ0) is 12.3. The molecule has 94 valence electrons. The third kappa shape index (κ3) is 3.30. The quantitative estimate of drug-likeness (QED) is 0.899. The first-order chi connectivity index (χ1) is 8.20. The zero-order valence-corrected chi connectivity index (χ0v) is 12.2. The Morgan fingerprint density at radius 3 is 2.47 bits per heavy atom. The van der Waals surface area contributed by atoms with Gasteiger partial charge in [-0.05, 0) is 37.6 Å². The molecule has 1 aliphatic heterocycles. The number of rotatable bonds is 5. The number of nitrogens with one attached hydrogen (secondary N) is 1. The summed E-state index contributed by atoms with van der Waals surface area (Å²) < 4.78 is 1.16. The van der Waals surface area contributed by atoms with Gasteiger partial charge in [0.15, 0.2) is 0 Å². The summed E-state index contributed by atoms with van der Waals surface area (Å²) in [5.41, 5.74) is 1.42. The van der Waals surface area contributed by atoms with Crippen LogP contribution >= 0.6 is 15.9 Å². The van der Waals surface area contributed by atoms with Gasteiger partial charge >= 0.3 is 0 Å². The maximum absolute atomic E-state index is 3.48. The van der Waals surface area contributed by atoms with Crippen molar-refractivity contribution in [3.63, 3.8) is 0 Å². The molecule has 0 amide bonds. The predicted molar refractivity (Wildman–Crippen MR) is 76.3 cm³/mol. The molecule has 3 heteroatoms. The van der Waals surface area contributed by atoms with Gasteiger partial charge < -0.3 is 5.32 Å². The van der Waals surface area contributed by atoms with E-state index in [4.69, 9.17) is 0 Å². The van der Waals surface area contributed by atoms with E-state index in [1.807, 2.05) is 0 Å². The number of hydrogen-bond donors (Lipinski definition) is 1. The molecule has 0 bridgehead atoms. The van der Waals surface area contributed by atoms with E-state index in [0.717, 1.165) is 36.6 Å². The standard InChI is InChI=1S/C14H21BrN2/c1-3-17(14-9-16-10-14)11(2)8-12-4-6-13(15)7-5-12/h4-7,11,14,16H,3,8-10H2,1-2H3. The van der Waals surface area contributed by atoms with Gasteiger partial charge in [0.05, 0.1) is 0 Å². The Morgan fingerprint density at radius 1 is 1.35 bits per heavy atom. The molecule has 17 heavy (non-hydrogen) atoms. The molecule has 1 unspecified atom stereocenters. The highest BCUT2D eigenvalue weighted by Gasteiger charge is 2.26. The van der Waals surface area contributed by atoms with Crippen LogP contribution in [-0.4, -0.2) is 36.6 Å². The van der Waals surface area contributed by atoms with Crippen LogP contribution in [0.4, 0.5) is 0 Å². The second-order valence-corrected chi connectivity index (χ2v) is 5.74. The van der Waals surface area contributed by atoms with E-state index in [1.54, 1.807) is 0 Å². The van der Waals surface area contributed by atoms with Crippen molar-refractivity contribution in [1.82, 2.24) is 10.2 Å². The molecule has 2 nitrogen and oxygen atoms in total. The van der Waals surface area contributed by atoms with E-state index in [2.05, 4.69) is 64.3 Å². The van der Waals surface area contributed by atoms with Crippen LogP contribution in [0, 0.1) is 0 Å². The molecule has 1 aromatic rings. The lowest BCUT2D eigenvalue weighted by molar-refractivity contribution is 0.109. The van der Waals surface area contributed by atoms with Crippen LogP contribution in [0.2, 0.25) is 0 Å². The van der Waals surface area contributed by atoms with Gasteiger partial charge in [0.2, 0.25) is 0 Å². The Kier molecular flexibility index (Phi) is 4.60.